The third-order valence-electron chi connectivity index (χ3n) is 7.31. The van der Waals surface area contributed by atoms with Crippen LogP contribution in [-0.4, -0.2) is 35.0 Å². The zero-order chi connectivity index (χ0) is 31.9. The van der Waals surface area contributed by atoms with E-state index in [0.717, 1.165) is 60.2 Å². The number of hydrogen-bond acceptors (Lipinski definition) is 7. The van der Waals surface area contributed by atoms with Gasteiger partial charge in [-0.05, 0) is 84.5 Å². The summed E-state index contributed by atoms with van der Waals surface area (Å²) < 4.78 is 5.28. The molecule has 0 radical (unpaired) electrons. The number of thioether (sulfide) groups is 1. The van der Waals surface area contributed by atoms with Crippen molar-refractivity contribution in [2.75, 3.05) is 12.4 Å². The molecule has 0 amide bonds. The summed E-state index contributed by atoms with van der Waals surface area (Å²) in [6.07, 6.45) is 0.853. The van der Waals surface area contributed by atoms with Crippen LogP contribution >= 0.6 is 34.4 Å². The maximum absolute atomic E-state index is 11.8. The summed E-state index contributed by atoms with van der Waals surface area (Å²) in [7, 11) is 0. The van der Waals surface area contributed by atoms with E-state index >= 15 is 0 Å². The quantitative estimate of drug-likeness (QED) is 0.101. The molecule has 0 unspecified atom stereocenters. The van der Waals surface area contributed by atoms with Crippen LogP contribution in [0, 0.1) is 0 Å². The molecule has 0 spiro atoms. The molecule has 1 N–H and O–H groups in total. The first-order chi connectivity index (χ1) is 21.7. The van der Waals surface area contributed by atoms with Crippen LogP contribution in [0.25, 0.3) is 26.5 Å². The SMILES string of the molecule is CCC(CSc1ccc(OCC(=O)O)cc1)=C(c1ccc(-c2cc(C(C)=O)cs2)cc1)c1ccc(-c2cc(C(C)=O)cs2)cc1. The molecule has 0 atom stereocenters. The highest BCUT2D eigenvalue weighted by atomic mass is 32.2. The van der Waals surface area contributed by atoms with Gasteiger partial charge in [-0.1, -0.05) is 61.0 Å². The Balaban J connectivity index is 1.46. The van der Waals surface area contributed by atoms with E-state index in [1.165, 1.54) is 11.1 Å². The average Bonchev–Trinajstić information content (AvgIpc) is 3.75. The fourth-order valence-corrected chi connectivity index (χ4v) is 7.75. The summed E-state index contributed by atoms with van der Waals surface area (Å²) in [4.78, 5) is 37.7. The van der Waals surface area contributed by atoms with Crippen molar-refractivity contribution in [3.05, 3.63) is 124 Å². The lowest BCUT2D eigenvalue weighted by Crippen LogP contribution is -2.09. The maximum Gasteiger partial charge on any atom is 0.341 e. The number of carboxylic acids is 1. The smallest absolute Gasteiger partial charge is 0.341 e. The predicted molar refractivity (Wildman–Crippen MR) is 186 cm³/mol. The van der Waals surface area contributed by atoms with Crippen LogP contribution in [-0.2, 0) is 4.79 Å². The lowest BCUT2D eigenvalue weighted by atomic mass is 9.91. The van der Waals surface area contributed by atoms with E-state index in [2.05, 4.69) is 55.5 Å². The van der Waals surface area contributed by atoms with E-state index in [9.17, 15) is 14.4 Å². The van der Waals surface area contributed by atoms with Gasteiger partial charge in [-0.25, -0.2) is 4.79 Å². The molecule has 2 heterocycles. The van der Waals surface area contributed by atoms with Crippen LogP contribution in [0.2, 0.25) is 0 Å². The van der Waals surface area contributed by atoms with Crippen molar-refractivity contribution < 1.29 is 24.2 Å². The summed E-state index contributed by atoms with van der Waals surface area (Å²) in [5.74, 6) is 0.416. The molecule has 3 aromatic carbocycles. The minimum absolute atomic E-state index is 0.0652. The number of benzene rings is 3. The lowest BCUT2D eigenvalue weighted by molar-refractivity contribution is -0.139. The number of rotatable bonds is 13. The fraction of sp³-hybridized carbons (Fsp3) is 0.162. The van der Waals surface area contributed by atoms with Gasteiger partial charge in [0.15, 0.2) is 18.2 Å². The summed E-state index contributed by atoms with van der Waals surface area (Å²) >= 11 is 4.87. The van der Waals surface area contributed by atoms with Gasteiger partial charge in [-0.15, -0.1) is 34.4 Å². The molecule has 8 heteroatoms. The molecular formula is C37H32O5S3. The van der Waals surface area contributed by atoms with Gasteiger partial charge in [-0.3, -0.25) is 9.59 Å². The van der Waals surface area contributed by atoms with Crippen molar-refractivity contribution in [2.45, 2.75) is 32.1 Å². The summed E-state index contributed by atoms with van der Waals surface area (Å²) in [6.45, 7) is 4.98. The number of hydrogen-bond donors (Lipinski definition) is 1. The van der Waals surface area contributed by atoms with Crippen LogP contribution in [0.3, 0.4) is 0 Å². The first-order valence-corrected chi connectivity index (χ1v) is 17.2. The predicted octanol–water partition coefficient (Wildman–Crippen LogP) is 10.0. The highest BCUT2D eigenvalue weighted by Crippen LogP contribution is 2.36. The number of Topliss-reactive ketones (excluding diaryl/α,β-unsaturated/α-hetero) is 2. The van der Waals surface area contributed by atoms with Crippen LogP contribution in [0.15, 0.2) is 106 Å². The molecule has 0 bridgehead atoms. The third kappa shape index (κ3) is 8.08. The first-order valence-electron chi connectivity index (χ1n) is 14.4. The van der Waals surface area contributed by atoms with Gasteiger partial charge < -0.3 is 9.84 Å². The Morgan fingerprint density at radius 1 is 0.711 bits per heavy atom. The summed E-state index contributed by atoms with van der Waals surface area (Å²) in [6, 6.07) is 28.5. The third-order valence-corrected chi connectivity index (χ3v) is 10.4. The molecular weight excluding hydrogens is 621 g/mol. The van der Waals surface area contributed by atoms with Crippen LogP contribution in [0.1, 0.15) is 59.0 Å². The molecule has 0 saturated carbocycles. The van der Waals surface area contributed by atoms with E-state index in [0.29, 0.717) is 5.75 Å². The average molecular weight is 653 g/mol. The molecule has 5 nitrogen and oxygen atoms in total. The molecule has 5 aromatic rings. The summed E-state index contributed by atoms with van der Waals surface area (Å²) in [5, 5.41) is 12.7. The van der Waals surface area contributed by atoms with Gasteiger partial charge >= 0.3 is 5.97 Å². The Morgan fingerprint density at radius 3 is 1.60 bits per heavy atom. The molecule has 2 aromatic heterocycles. The van der Waals surface area contributed by atoms with Gasteiger partial charge in [0.25, 0.3) is 0 Å². The number of carbonyl (C=O) groups is 3. The van der Waals surface area contributed by atoms with E-state index in [1.54, 1.807) is 60.4 Å². The second-order valence-electron chi connectivity index (χ2n) is 10.4. The molecule has 0 aliphatic heterocycles. The Kier molecular flexibility index (Phi) is 10.5. The highest BCUT2D eigenvalue weighted by Gasteiger charge is 2.15. The van der Waals surface area contributed by atoms with Crippen molar-refractivity contribution in [1.82, 2.24) is 0 Å². The first kappa shape index (κ1) is 32.2. The maximum atomic E-state index is 11.8. The largest absolute Gasteiger partial charge is 0.482 e. The van der Waals surface area contributed by atoms with Crippen molar-refractivity contribution in [3.63, 3.8) is 0 Å². The molecule has 0 saturated heterocycles. The number of ether oxygens (including phenoxy) is 1. The van der Waals surface area contributed by atoms with Crippen molar-refractivity contribution in [3.8, 4) is 26.6 Å². The number of carbonyl (C=O) groups excluding carboxylic acids is 2. The minimum Gasteiger partial charge on any atom is -0.482 e. The molecule has 0 aliphatic rings. The topological polar surface area (TPSA) is 80.7 Å². The van der Waals surface area contributed by atoms with Crippen molar-refractivity contribution >= 4 is 57.5 Å². The normalized spacial score (nSPS) is 10.8. The molecule has 0 aliphatic carbocycles. The van der Waals surface area contributed by atoms with Crippen LogP contribution < -0.4 is 4.74 Å². The van der Waals surface area contributed by atoms with Crippen molar-refractivity contribution in [2.24, 2.45) is 0 Å². The van der Waals surface area contributed by atoms with Gasteiger partial charge in [0.2, 0.25) is 0 Å². The van der Waals surface area contributed by atoms with Gasteiger partial charge in [-0.2, -0.15) is 0 Å². The monoisotopic (exact) mass is 652 g/mol. The zero-order valence-electron chi connectivity index (χ0n) is 25.2. The standard InChI is InChI=1S/C37H32O5S3/c1-4-25(20-43-33-15-13-32(14-16-33)42-19-36(40)41)37(28-9-5-26(6-10-28)34-17-30(21-44-34)23(2)38)29-11-7-27(8-12-29)35-18-31(22-45-35)24(3)39/h5-18,21-22H,4,19-20H2,1-3H3,(H,40,41). The molecule has 0 fully saturated rings. The Labute approximate surface area is 275 Å². The number of carboxylic acid groups (broad SMARTS) is 1. The zero-order valence-corrected chi connectivity index (χ0v) is 27.6. The fourth-order valence-electron chi connectivity index (χ4n) is 4.82. The van der Waals surface area contributed by atoms with Gasteiger partial charge in [0.05, 0.1) is 0 Å². The molecule has 5 rings (SSSR count). The van der Waals surface area contributed by atoms with Gasteiger partial charge in [0.1, 0.15) is 5.75 Å². The second kappa shape index (κ2) is 14.7. The molecule has 45 heavy (non-hydrogen) atoms. The van der Waals surface area contributed by atoms with Gasteiger partial charge in [0, 0.05) is 42.3 Å². The van der Waals surface area contributed by atoms with E-state index in [1.807, 2.05) is 35.0 Å². The second-order valence-corrected chi connectivity index (χ2v) is 13.3. The summed E-state index contributed by atoms with van der Waals surface area (Å²) in [5.41, 5.74) is 8.29. The van der Waals surface area contributed by atoms with E-state index < -0.39 is 5.97 Å². The number of aliphatic carboxylic acids is 1. The highest BCUT2D eigenvalue weighted by molar-refractivity contribution is 7.99. The number of thiophene rings is 2. The molecule has 228 valence electrons. The van der Waals surface area contributed by atoms with E-state index in [-0.39, 0.29) is 18.2 Å². The van der Waals surface area contributed by atoms with Crippen LogP contribution in [0.4, 0.5) is 0 Å². The van der Waals surface area contributed by atoms with E-state index in [4.69, 9.17) is 9.84 Å². The Morgan fingerprint density at radius 2 is 1.20 bits per heavy atom. The number of ketones is 2. The van der Waals surface area contributed by atoms with Crippen molar-refractivity contribution in [1.29, 1.82) is 0 Å². The Hall–Kier alpha value is -4.24. The minimum atomic E-state index is -1.01. The lowest BCUT2D eigenvalue weighted by Gasteiger charge is -2.17. The Bertz CT molecular complexity index is 1750. The van der Waals surface area contributed by atoms with Crippen LogP contribution in [0.5, 0.6) is 5.75 Å².